The molecule has 1 aliphatic heterocycles. The highest BCUT2D eigenvalue weighted by molar-refractivity contribution is 5.80. The number of nitrogens with zero attached hydrogens (tertiary/aromatic N) is 3. The van der Waals surface area contributed by atoms with E-state index in [1.54, 1.807) is 18.3 Å². The van der Waals surface area contributed by atoms with Crippen molar-refractivity contribution in [3.63, 3.8) is 0 Å². The van der Waals surface area contributed by atoms with Gasteiger partial charge in [-0.25, -0.2) is 14.4 Å². The van der Waals surface area contributed by atoms with Crippen molar-refractivity contribution >= 4 is 11.7 Å². The van der Waals surface area contributed by atoms with Crippen molar-refractivity contribution in [2.45, 2.75) is 32.7 Å². The summed E-state index contributed by atoms with van der Waals surface area (Å²) < 4.78 is 13.2. The number of nitrogens with one attached hydrogen (secondary N) is 1. The predicted molar refractivity (Wildman–Crippen MR) is 120 cm³/mol. The molecule has 0 radical (unpaired) electrons. The highest BCUT2D eigenvalue weighted by atomic mass is 19.1. The summed E-state index contributed by atoms with van der Waals surface area (Å²) in [7, 11) is 0. The quantitative estimate of drug-likeness (QED) is 0.653. The van der Waals surface area contributed by atoms with Gasteiger partial charge < -0.3 is 10.2 Å². The predicted octanol–water partition coefficient (Wildman–Crippen LogP) is 4.68. The summed E-state index contributed by atoms with van der Waals surface area (Å²) in [6.07, 6.45) is 3.50. The summed E-state index contributed by atoms with van der Waals surface area (Å²) in [4.78, 5) is 24.1. The summed E-state index contributed by atoms with van der Waals surface area (Å²) in [6, 6.07) is 16.2. The number of aryl methyl sites for hydroxylation is 1. The van der Waals surface area contributed by atoms with E-state index in [-0.39, 0.29) is 23.7 Å². The average Bonchev–Trinajstić information content (AvgIpc) is 2.80. The number of hydrogen-bond acceptors (Lipinski definition) is 4. The fraction of sp³-hybridized carbons (Fsp3) is 0.320. The average molecular weight is 419 g/mol. The Balaban J connectivity index is 1.43. The van der Waals surface area contributed by atoms with E-state index in [1.807, 2.05) is 13.0 Å². The number of piperidine rings is 1. The third kappa shape index (κ3) is 5.08. The Kier molecular flexibility index (Phi) is 6.26. The molecule has 4 rings (SSSR count). The molecular formula is C25H27FN4O. The third-order valence-electron chi connectivity index (χ3n) is 5.80. The van der Waals surface area contributed by atoms with Crippen LogP contribution in [-0.4, -0.2) is 29.0 Å². The lowest BCUT2D eigenvalue weighted by atomic mass is 9.96. The van der Waals surface area contributed by atoms with Crippen LogP contribution in [0.25, 0.3) is 11.4 Å². The van der Waals surface area contributed by atoms with Crippen LogP contribution in [0.4, 0.5) is 10.2 Å². The van der Waals surface area contributed by atoms with Crippen LogP contribution in [0.2, 0.25) is 0 Å². The van der Waals surface area contributed by atoms with Gasteiger partial charge in [-0.3, -0.25) is 4.79 Å². The molecule has 5 nitrogen and oxygen atoms in total. The normalized spacial score (nSPS) is 17.3. The molecule has 0 aliphatic carbocycles. The SMILES string of the molecule is Cc1ccc(C(C)NC(=O)C2CCCN(c3ccnc(-c4ccc(F)cc4)n3)C2)cc1. The molecule has 3 aromatic rings. The smallest absolute Gasteiger partial charge is 0.225 e. The third-order valence-corrected chi connectivity index (χ3v) is 5.80. The molecule has 6 heteroatoms. The number of halogens is 1. The van der Waals surface area contributed by atoms with Crippen LogP contribution in [0.3, 0.4) is 0 Å². The first kappa shape index (κ1) is 21.0. The number of carbonyl (C=O) groups excluding carboxylic acids is 1. The first-order valence-electron chi connectivity index (χ1n) is 10.7. The summed E-state index contributed by atoms with van der Waals surface area (Å²) in [6.45, 7) is 5.53. The Morgan fingerprint density at radius 2 is 1.87 bits per heavy atom. The van der Waals surface area contributed by atoms with Crippen LogP contribution >= 0.6 is 0 Å². The topological polar surface area (TPSA) is 58.1 Å². The number of anilines is 1. The summed E-state index contributed by atoms with van der Waals surface area (Å²) in [5.41, 5.74) is 3.07. The molecule has 2 atom stereocenters. The second-order valence-electron chi connectivity index (χ2n) is 8.17. The van der Waals surface area contributed by atoms with Gasteiger partial charge in [0.15, 0.2) is 5.82 Å². The van der Waals surface area contributed by atoms with Crippen molar-refractivity contribution in [1.29, 1.82) is 0 Å². The van der Waals surface area contributed by atoms with Gasteiger partial charge in [0.2, 0.25) is 5.91 Å². The van der Waals surface area contributed by atoms with Crippen molar-refractivity contribution in [3.8, 4) is 11.4 Å². The van der Waals surface area contributed by atoms with Crippen LogP contribution in [0.15, 0.2) is 60.8 Å². The van der Waals surface area contributed by atoms with E-state index in [2.05, 4.69) is 51.4 Å². The van der Waals surface area contributed by atoms with E-state index in [9.17, 15) is 9.18 Å². The van der Waals surface area contributed by atoms with Crippen LogP contribution in [0, 0.1) is 18.7 Å². The highest BCUT2D eigenvalue weighted by Gasteiger charge is 2.27. The summed E-state index contributed by atoms with van der Waals surface area (Å²) in [5, 5.41) is 3.17. The second kappa shape index (κ2) is 9.25. The minimum atomic E-state index is -0.287. The number of rotatable bonds is 5. The van der Waals surface area contributed by atoms with Crippen LogP contribution < -0.4 is 10.2 Å². The van der Waals surface area contributed by atoms with E-state index in [4.69, 9.17) is 0 Å². The van der Waals surface area contributed by atoms with Crippen LogP contribution in [0.1, 0.15) is 36.9 Å². The first-order valence-corrected chi connectivity index (χ1v) is 10.7. The minimum absolute atomic E-state index is 0.0346. The van der Waals surface area contributed by atoms with Crippen molar-refractivity contribution in [1.82, 2.24) is 15.3 Å². The van der Waals surface area contributed by atoms with Gasteiger partial charge in [0.05, 0.1) is 12.0 Å². The molecule has 1 saturated heterocycles. The molecule has 160 valence electrons. The maximum Gasteiger partial charge on any atom is 0.225 e. The van der Waals surface area contributed by atoms with Gasteiger partial charge in [0, 0.05) is 24.8 Å². The molecular weight excluding hydrogens is 391 g/mol. The zero-order valence-corrected chi connectivity index (χ0v) is 17.9. The molecule has 1 fully saturated rings. The van der Waals surface area contributed by atoms with E-state index in [0.717, 1.165) is 36.3 Å². The van der Waals surface area contributed by atoms with Crippen molar-refractivity contribution in [3.05, 3.63) is 77.7 Å². The van der Waals surface area contributed by atoms with Gasteiger partial charge in [-0.15, -0.1) is 0 Å². The van der Waals surface area contributed by atoms with E-state index >= 15 is 0 Å². The summed E-state index contributed by atoms with van der Waals surface area (Å²) >= 11 is 0. The Labute approximate surface area is 182 Å². The zero-order valence-electron chi connectivity index (χ0n) is 17.9. The lowest BCUT2D eigenvalue weighted by molar-refractivity contribution is -0.125. The van der Waals surface area contributed by atoms with Gasteiger partial charge in [-0.2, -0.15) is 0 Å². The molecule has 2 unspecified atom stereocenters. The van der Waals surface area contributed by atoms with Gasteiger partial charge in [-0.1, -0.05) is 29.8 Å². The molecule has 1 amide bonds. The molecule has 0 bridgehead atoms. The molecule has 0 spiro atoms. The monoisotopic (exact) mass is 418 g/mol. The molecule has 2 heterocycles. The first-order chi connectivity index (χ1) is 15.0. The Morgan fingerprint density at radius 3 is 2.61 bits per heavy atom. The number of benzene rings is 2. The minimum Gasteiger partial charge on any atom is -0.356 e. The highest BCUT2D eigenvalue weighted by Crippen LogP contribution is 2.25. The van der Waals surface area contributed by atoms with Gasteiger partial charge >= 0.3 is 0 Å². The zero-order chi connectivity index (χ0) is 21.8. The Hall–Kier alpha value is -3.28. The van der Waals surface area contributed by atoms with Crippen molar-refractivity contribution < 1.29 is 9.18 Å². The standard InChI is InChI=1S/C25H27FN4O/c1-17-5-7-19(8-6-17)18(2)28-25(31)21-4-3-15-30(16-21)23-13-14-27-24(29-23)20-9-11-22(26)12-10-20/h5-14,18,21H,3-4,15-16H2,1-2H3,(H,28,31). The largest absolute Gasteiger partial charge is 0.356 e. The fourth-order valence-electron chi connectivity index (χ4n) is 3.93. The molecule has 1 N–H and O–H groups in total. The maximum atomic E-state index is 13.2. The van der Waals surface area contributed by atoms with Crippen LogP contribution in [-0.2, 0) is 4.79 Å². The van der Waals surface area contributed by atoms with Gasteiger partial charge in [-0.05, 0) is 62.6 Å². The number of amides is 1. The summed E-state index contributed by atoms with van der Waals surface area (Å²) in [5.74, 6) is 1.04. The lowest BCUT2D eigenvalue weighted by Gasteiger charge is -2.33. The van der Waals surface area contributed by atoms with Crippen molar-refractivity contribution in [2.75, 3.05) is 18.0 Å². The maximum absolute atomic E-state index is 13.2. The molecule has 2 aromatic carbocycles. The second-order valence-corrected chi connectivity index (χ2v) is 8.17. The molecule has 1 aliphatic rings. The Morgan fingerprint density at radius 1 is 1.13 bits per heavy atom. The number of carbonyl (C=O) groups is 1. The van der Waals surface area contributed by atoms with Crippen molar-refractivity contribution in [2.24, 2.45) is 5.92 Å². The molecule has 31 heavy (non-hydrogen) atoms. The number of hydrogen-bond donors (Lipinski definition) is 1. The molecule has 1 aromatic heterocycles. The Bertz CT molecular complexity index is 1040. The fourth-order valence-corrected chi connectivity index (χ4v) is 3.93. The van der Waals surface area contributed by atoms with E-state index in [1.165, 1.54) is 17.7 Å². The van der Waals surface area contributed by atoms with Gasteiger partial charge in [0.25, 0.3) is 0 Å². The molecule has 0 saturated carbocycles. The van der Waals surface area contributed by atoms with E-state index in [0.29, 0.717) is 12.4 Å². The van der Waals surface area contributed by atoms with E-state index < -0.39 is 0 Å². The van der Waals surface area contributed by atoms with Gasteiger partial charge in [0.1, 0.15) is 11.6 Å². The lowest BCUT2D eigenvalue weighted by Crippen LogP contribution is -2.44. The number of aromatic nitrogens is 2. The van der Waals surface area contributed by atoms with Crippen LogP contribution in [0.5, 0.6) is 0 Å².